The third-order valence-electron chi connectivity index (χ3n) is 6.65. The Morgan fingerprint density at radius 1 is 1.10 bits per heavy atom. The van der Waals surface area contributed by atoms with E-state index in [0.29, 0.717) is 49.2 Å². The summed E-state index contributed by atoms with van der Waals surface area (Å²) in [5.41, 5.74) is 0.621. The number of methoxy groups -OCH3 is 1. The van der Waals surface area contributed by atoms with Gasteiger partial charge < -0.3 is 29.3 Å². The number of H-pyrrole nitrogens is 1. The number of hydrogen-bond donors (Lipinski definition) is 2. The first-order chi connectivity index (χ1) is 19.6. The average Bonchev–Trinajstić information content (AvgIpc) is 3.62. The molecule has 3 heterocycles. The lowest BCUT2D eigenvalue weighted by molar-refractivity contribution is -0.125. The summed E-state index contributed by atoms with van der Waals surface area (Å²) >= 11 is 0. The van der Waals surface area contributed by atoms with Gasteiger partial charge in [0, 0.05) is 57.7 Å². The van der Waals surface area contributed by atoms with Crippen LogP contribution in [0.15, 0.2) is 79.0 Å². The second kappa shape index (κ2) is 13.1. The normalized spacial score (nSPS) is 15.3. The molecule has 2 aromatic heterocycles. The lowest BCUT2D eigenvalue weighted by Gasteiger charge is -2.16. The molecule has 4 aromatic rings. The van der Waals surface area contributed by atoms with Gasteiger partial charge in [-0.1, -0.05) is 24.3 Å². The third-order valence-corrected chi connectivity index (χ3v) is 6.65. The van der Waals surface area contributed by atoms with Crippen molar-refractivity contribution in [2.45, 2.75) is 12.5 Å². The van der Waals surface area contributed by atoms with E-state index < -0.39 is 0 Å². The van der Waals surface area contributed by atoms with Gasteiger partial charge in [-0.15, -0.1) is 0 Å². The lowest BCUT2D eigenvalue weighted by atomic mass is 10.2. The Labute approximate surface area is 233 Å². The quantitative estimate of drug-likeness (QED) is 0.249. The van der Waals surface area contributed by atoms with E-state index in [4.69, 9.17) is 14.2 Å². The number of pyridine rings is 1. The highest BCUT2D eigenvalue weighted by Crippen LogP contribution is 2.34. The molecule has 0 bridgehead atoms. The maximum Gasteiger partial charge on any atom is 0.246 e. The summed E-state index contributed by atoms with van der Waals surface area (Å²) in [4.78, 5) is 21.1. The molecule has 1 saturated heterocycles. The van der Waals surface area contributed by atoms with Crippen LogP contribution < -0.4 is 14.8 Å². The Morgan fingerprint density at radius 3 is 2.62 bits per heavy atom. The van der Waals surface area contributed by atoms with E-state index in [1.807, 2.05) is 78.7 Å². The molecule has 5 rings (SSSR count). The monoisotopic (exact) mass is 542 g/mol. The van der Waals surface area contributed by atoms with Gasteiger partial charge in [-0.25, -0.2) is 4.98 Å². The van der Waals surface area contributed by atoms with Crippen LogP contribution in [0.1, 0.15) is 6.42 Å². The molecule has 1 aliphatic rings. The summed E-state index contributed by atoms with van der Waals surface area (Å²) in [5, 5.41) is 11.7. The van der Waals surface area contributed by atoms with Crippen LogP contribution in [0, 0.1) is 0 Å². The van der Waals surface area contributed by atoms with Crippen molar-refractivity contribution < 1.29 is 19.0 Å². The summed E-state index contributed by atoms with van der Waals surface area (Å²) < 4.78 is 17.2. The molecule has 0 saturated carbocycles. The van der Waals surface area contributed by atoms with Crippen molar-refractivity contribution in [3.8, 4) is 23.0 Å². The standard InChI is InChI=1S/C30H34N6O4/c1-35(19-20-38-2)17-6-9-27(37)36-18-15-22(21-36)32-30-28-26(14-16-31-29(28)33-34-30)40-25-12-10-24(11-13-25)39-23-7-4-3-5-8-23/h3-14,16,22H,15,17-21H2,1-2H3,(H2,31,32,33,34)/b9-6+/t22-/m1/s1. The molecule has 2 N–H and O–H groups in total. The zero-order valence-electron chi connectivity index (χ0n) is 22.7. The Morgan fingerprint density at radius 2 is 1.85 bits per heavy atom. The van der Waals surface area contributed by atoms with Crippen LogP contribution >= 0.6 is 0 Å². The molecular weight excluding hydrogens is 508 g/mol. The Hall–Kier alpha value is -4.41. The summed E-state index contributed by atoms with van der Waals surface area (Å²) in [6.07, 6.45) is 6.06. The fraction of sp³-hybridized carbons (Fsp3) is 0.300. The SMILES string of the molecule is COCCN(C)C/C=C/C(=O)N1CC[C@@H](Nc2n[nH]c3nccc(Oc4ccc(Oc5ccccc5)cc4)c23)C1. The summed E-state index contributed by atoms with van der Waals surface area (Å²) in [7, 11) is 3.68. The van der Waals surface area contributed by atoms with Crippen LogP contribution in [-0.2, 0) is 9.53 Å². The second-order valence-electron chi connectivity index (χ2n) is 9.67. The molecule has 0 radical (unpaired) electrons. The first kappa shape index (κ1) is 27.2. The number of benzene rings is 2. The van der Waals surface area contributed by atoms with Crippen molar-refractivity contribution in [1.82, 2.24) is 25.0 Å². The number of carbonyl (C=O) groups excluding carboxylic acids is 1. The molecule has 0 spiro atoms. The Kier molecular flexibility index (Phi) is 8.89. The second-order valence-corrected chi connectivity index (χ2v) is 9.67. The van der Waals surface area contributed by atoms with Gasteiger partial charge in [0.15, 0.2) is 11.5 Å². The molecular formula is C30H34N6O4. The number of likely N-dealkylation sites (tertiary alicyclic amines) is 1. The molecule has 1 fully saturated rings. The molecule has 208 valence electrons. The number of anilines is 1. The van der Waals surface area contributed by atoms with Crippen LogP contribution in [0.25, 0.3) is 11.0 Å². The van der Waals surface area contributed by atoms with E-state index in [2.05, 4.69) is 25.4 Å². The van der Waals surface area contributed by atoms with Gasteiger partial charge in [-0.3, -0.25) is 9.89 Å². The van der Waals surface area contributed by atoms with Crippen LogP contribution in [-0.4, -0.2) is 83.9 Å². The number of nitrogens with one attached hydrogen (secondary N) is 2. The number of likely N-dealkylation sites (N-methyl/N-ethyl adjacent to an activating group) is 1. The van der Waals surface area contributed by atoms with Crippen molar-refractivity contribution in [3.63, 3.8) is 0 Å². The predicted octanol–water partition coefficient (Wildman–Crippen LogP) is 4.69. The van der Waals surface area contributed by atoms with E-state index in [-0.39, 0.29) is 11.9 Å². The molecule has 0 aliphatic carbocycles. The van der Waals surface area contributed by atoms with E-state index in [1.165, 1.54) is 0 Å². The van der Waals surface area contributed by atoms with Gasteiger partial charge in [0.2, 0.25) is 5.91 Å². The highest BCUT2D eigenvalue weighted by molar-refractivity contribution is 5.93. The topological polar surface area (TPSA) is 105 Å². The minimum Gasteiger partial charge on any atom is -0.457 e. The van der Waals surface area contributed by atoms with Crippen molar-refractivity contribution in [2.75, 3.05) is 52.3 Å². The van der Waals surface area contributed by atoms with Crippen molar-refractivity contribution in [2.24, 2.45) is 0 Å². The number of fused-ring (bicyclic) bond motifs is 1. The fourth-order valence-corrected chi connectivity index (χ4v) is 4.49. The minimum absolute atomic E-state index is 0.0155. The van der Waals surface area contributed by atoms with Gasteiger partial charge in [0.05, 0.1) is 6.61 Å². The maximum atomic E-state index is 12.7. The number of aromatic nitrogens is 3. The highest BCUT2D eigenvalue weighted by atomic mass is 16.5. The fourth-order valence-electron chi connectivity index (χ4n) is 4.49. The zero-order chi connectivity index (χ0) is 27.7. The molecule has 1 atom stereocenters. The number of amides is 1. The largest absolute Gasteiger partial charge is 0.457 e. The Balaban J connectivity index is 1.20. The number of para-hydroxylation sites is 1. The van der Waals surface area contributed by atoms with Crippen molar-refractivity contribution >= 4 is 22.8 Å². The average molecular weight is 543 g/mol. The number of nitrogens with zero attached hydrogens (tertiary/aromatic N) is 4. The molecule has 2 aromatic carbocycles. The van der Waals surface area contributed by atoms with E-state index in [9.17, 15) is 4.79 Å². The van der Waals surface area contributed by atoms with Crippen molar-refractivity contribution in [3.05, 3.63) is 79.0 Å². The van der Waals surface area contributed by atoms with Crippen LogP contribution in [0.3, 0.4) is 0 Å². The maximum absolute atomic E-state index is 12.7. The molecule has 0 unspecified atom stereocenters. The lowest BCUT2D eigenvalue weighted by Crippen LogP contribution is -2.30. The molecule has 10 heteroatoms. The van der Waals surface area contributed by atoms with Crippen molar-refractivity contribution in [1.29, 1.82) is 0 Å². The predicted molar refractivity (Wildman–Crippen MR) is 154 cm³/mol. The number of rotatable bonds is 12. The molecule has 1 aliphatic heterocycles. The van der Waals surface area contributed by atoms with Gasteiger partial charge in [0.25, 0.3) is 0 Å². The number of ether oxygens (including phenoxy) is 3. The van der Waals surface area contributed by atoms with E-state index >= 15 is 0 Å². The molecule has 1 amide bonds. The van der Waals surface area contributed by atoms with Crippen LogP contribution in [0.5, 0.6) is 23.0 Å². The van der Waals surface area contributed by atoms with Gasteiger partial charge in [0.1, 0.15) is 28.4 Å². The zero-order valence-corrected chi connectivity index (χ0v) is 22.7. The highest BCUT2D eigenvalue weighted by Gasteiger charge is 2.26. The van der Waals surface area contributed by atoms with Crippen LogP contribution in [0.4, 0.5) is 5.82 Å². The van der Waals surface area contributed by atoms with Gasteiger partial charge in [-0.2, -0.15) is 5.10 Å². The summed E-state index contributed by atoms with van der Waals surface area (Å²) in [6.45, 7) is 3.45. The number of aromatic amines is 1. The van der Waals surface area contributed by atoms with E-state index in [0.717, 1.165) is 29.9 Å². The Bertz CT molecular complexity index is 1420. The van der Waals surface area contributed by atoms with E-state index in [1.54, 1.807) is 19.4 Å². The van der Waals surface area contributed by atoms with Gasteiger partial charge >= 0.3 is 0 Å². The summed E-state index contributed by atoms with van der Waals surface area (Å²) in [5.74, 6) is 3.45. The van der Waals surface area contributed by atoms with Gasteiger partial charge in [-0.05, 0) is 49.9 Å². The molecule has 10 nitrogen and oxygen atoms in total. The molecule has 40 heavy (non-hydrogen) atoms. The van der Waals surface area contributed by atoms with Crippen LogP contribution in [0.2, 0.25) is 0 Å². The minimum atomic E-state index is 0.0155. The first-order valence-corrected chi connectivity index (χ1v) is 13.3. The number of carbonyl (C=O) groups is 1. The summed E-state index contributed by atoms with van der Waals surface area (Å²) in [6, 6.07) is 19.0. The number of hydrogen-bond acceptors (Lipinski definition) is 8. The first-order valence-electron chi connectivity index (χ1n) is 13.3. The smallest absolute Gasteiger partial charge is 0.246 e. The third kappa shape index (κ3) is 6.96.